The molecule has 0 bridgehead atoms. The maximum atomic E-state index is 11.6. The lowest BCUT2D eigenvalue weighted by Crippen LogP contribution is -2.52. The van der Waals surface area contributed by atoms with E-state index in [-0.39, 0.29) is 19.1 Å². The summed E-state index contributed by atoms with van der Waals surface area (Å²) in [4.78, 5) is 10.7. The summed E-state index contributed by atoms with van der Waals surface area (Å²) >= 11 is 0. The molecule has 1 heterocycles. The Hall–Kier alpha value is -1.17. The van der Waals surface area contributed by atoms with Crippen LogP contribution in [0.2, 0.25) is 0 Å². The van der Waals surface area contributed by atoms with Crippen LogP contribution in [0.25, 0.3) is 0 Å². The Labute approximate surface area is 94.4 Å². The lowest BCUT2D eigenvalue weighted by molar-refractivity contribution is -0.117. The summed E-state index contributed by atoms with van der Waals surface area (Å²) in [5.74, 6) is -1.18. The molecule has 16 heavy (non-hydrogen) atoms. The molecule has 2 atom stereocenters. The summed E-state index contributed by atoms with van der Waals surface area (Å²) in [6.45, 7) is 1.37. The molecule has 1 aliphatic rings. The van der Waals surface area contributed by atoms with Gasteiger partial charge in [-0.25, -0.2) is 4.72 Å². The van der Waals surface area contributed by atoms with Gasteiger partial charge in [-0.15, -0.1) is 0 Å². The molecular formula is C8H14N4O3S. The lowest BCUT2D eigenvalue weighted by atomic mass is 9.96. The van der Waals surface area contributed by atoms with Crippen LogP contribution in [0.4, 0.5) is 0 Å². The van der Waals surface area contributed by atoms with Crippen molar-refractivity contribution in [2.45, 2.75) is 19.4 Å². The molecule has 7 nitrogen and oxygen atoms in total. The standard InChI is InChI=1S/C8H14N4O3S/c1-6(13)11-16(14,15)12-3-2-8(10)7(4-9)5-12/h7-8H,2-3,5,10H2,1H3,(H,11,13). The molecule has 1 saturated heterocycles. The van der Waals surface area contributed by atoms with Gasteiger partial charge in [-0.1, -0.05) is 0 Å². The van der Waals surface area contributed by atoms with Crippen LogP contribution in [-0.2, 0) is 15.0 Å². The Morgan fingerprint density at radius 1 is 1.62 bits per heavy atom. The van der Waals surface area contributed by atoms with Crippen LogP contribution in [0.15, 0.2) is 0 Å². The van der Waals surface area contributed by atoms with E-state index >= 15 is 0 Å². The SMILES string of the molecule is CC(=O)NS(=O)(=O)N1CCC(N)C(C#N)C1. The minimum absolute atomic E-state index is 0.0281. The molecule has 1 rings (SSSR count). The fraction of sp³-hybridized carbons (Fsp3) is 0.750. The van der Waals surface area contributed by atoms with E-state index < -0.39 is 22.0 Å². The number of piperidine rings is 1. The van der Waals surface area contributed by atoms with Gasteiger partial charge in [0, 0.05) is 26.1 Å². The third-order valence-corrected chi connectivity index (χ3v) is 3.96. The molecule has 1 fully saturated rings. The van der Waals surface area contributed by atoms with E-state index in [1.54, 1.807) is 0 Å². The largest absolute Gasteiger partial charge is 0.326 e. The van der Waals surface area contributed by atoms with Crippen LogP contribution >= 0.6 is 0 Å². The van der Waals surface area contributed by atoms with E-state index in [1.807, 2.05) is 10.8 Å². The lowest BCUT2D eigenvalue weighted by Gasteiger charge is -2.32. The van der Waals surface area contributed by atoms with E-state index in [4.69, 9.17) is 11.0 Å². The fourth-order valence-electron chi connectivity index (χ4n) is 1.54. The number of nitriles is 1. The molecule has 0 aromatic carbocycles. The molecule has 0 aromatic heterocycles. The number of nitrogens with zero attached hydrogens (tertiary/aromatic N) is 2. The van der Waals surface area contributed by atoms with Crippen molar-refractivity contribution in [1.82, 2.24) is 9.03 Å². The Kier molecular flexibility index (Phi) is 3.85. The normalized spacial score (nSPS) is 27.1. The smallest absolute Gasteiger partial charge is 0.303 e. The van der Waals surface area contributed by atoms with E-state index in [2.05, 4.69) is 0 Å². The van der Waals surface area contributed by atoms with Crippen molar-refractivity contribution in [3.63, 3.8) is 0 Å². The van der Waals surface area contributed by atoms with Crippen LogP contribution in [0.3, 0.4) is 0 Å². The molecule has 2 unspecified atom stereocenters. The zero-order valence-electron chi connectivity index (χ0n) is 8.88. The second-order valence-electron chi connectivity index (χ2n) is 3.71. The molecule has 0 saturated carbocycles. The highest BCUT2D eigenvalue weighted by molar-refractivity contribution is 7.87. The van der Waals surface area contributed by atoms with E-state index in [1.165, 1.54) is 0 Å². The number of rotatable bonds is 2. The van der Waals surface area contributed by atoms with Gasteiger partial charge in [0.25, 0.3) is 0 Å². The third-order valence-electron chi connectivity index (χ3n) is 2.41. The van der Waals surface area contributed by atoms with Crippen molar-refractivity contribution in [2.75, 3.05) is 13.1 Å². The predicted molar refractivity (Wildman–Crippen MR) is 56.0 cm³/mol. The summed E-state index contributed by atoms with van der Waals surface area (Å²) in [6.07, 6.45) is 0.414. The van der Waals surface area contributed by atoms with Gasteiger partial charge in [0.05, 0.1) is 12.0 Å². The first-order chi connectivity index (χ1) is 7.36. The molecule has 1 aliphatic heterocycles. The molecule has 90 valence electrons. The summed E-state index contributed by atoms with van der Waals surface area (Å²) < 4.78 is 26.1. The Bertz CT molecular complexity index is 413. The number of amides is 1. The molecular weight excluding hydrogens is 232 g/mol. The van der Waals surface area contributed by atoms with E-state index in [0.29, 0.717) is 6.42 Å². The fourth-order valence-corrected chi connectivity index (χ4v) is 2.74. The molecule has 0 spiro atoms. The van der Waals surface area contributed by atoms with Crippen molar-refractivity contribution in [1.29, 1.82) is 5.26 Å². The number of nitrogens with one attached hydrogen (secondary N) is 1. The van der Waals surface area contributed by atoms with Crippen LogP contribution < -0.4 is 10.5 Å². The highest BCUT2D eigenvalue weighted by atomic mass is 32.2. The summed E-state index contributed by atoms with van der Waals surface area (Å²) in [5.41, 5.74) is 5.66. The second-order valence-corrected chi connectivity index (χ2v) is 5.38. The second kappa shape index (κ2) is 4.78. The van der Waals surface area contributed by atoms with Crippen molar-refractivity contribution in [3.8, 4) is 6.07 Å². The molecule has 0 aromatic rings. The first kappa shape index (κ1) is 12.9. The van der Waals surface area contributed by atoms with Gasteiger partial charge < -0.3 is 5.73 Å². The van der Waals surface area contributed by atoms with Crippen LogP contribution in [-0.4, -0.2) is 37.8 Å². The van der Waals surface area contributed by atoms with Crippen molar-refractivity contribution < 1.29 is 13.2 Å². The average Bonchev–Trinajstić information content (AvgIpc) is 2.16. The highest BCUT2D eigenvalue weighted by Gasteiger charge is 2.33. The first-order valence-electron chi connectivity index (χ1n) is 4.80. The molecule has 0 radical (unpaired) electrons. The maximum Gasteiger partial charge on any atom is 0.303 e. The maximum absolute atomic E-state index is 11.6. The van der Waals surface area contributed by atoms with Crippen molar-refractivity contribution in [3.05, 3.63) is 0 Å². The average molecular weight is 246 g/mol. The van der Waals surface area contributed by atoms with E-state index in [9.17, 15) is 13.2 Å². The number of carbonyl (C=O) groups excluding carboxylic acids is 1. The third kappa shape index (κ3) is 2.91. The summed E-state index contributed by atoms with van der Waals surface area (Å²) in [5, 5.41) is 8.79. The van der Waals surface area contributed by atoms with Crippen molar-refractivity contribution >= 4 is 16.1 Å². The number of hydrogen-bond acceptors (Lipinski definition) is 5. The Morgan fingerprint density at radius 2 is 2.25 bits per heavy atom. The zero-order valence-corrected chi connectivity index (χ0v) is 9.70. The number of carbonyl (C=O) groups is 1. The van der Waals surface area contributed by atoms with Gasteiger partial charge in [-0.05, 0) is 6.42 Å². The minimum atomic E-state index is -3.82. The topological polar surface area (TPSA) is 116 Å². The first-order valence-corrected chi connectivity index (χ1v) is 6.24. The summed E-state index contributed by atoms with van der Waals surface area (Å²) in [7, 11) is -3.82. The van der Waals surface area contributed by atoms with Gasteiger partial charge in [-0.2, -0.15) is 18.0 Å². The predicted octanol–water partition coefficient (Wildman–Crippen LogP) is -1.46. The van der Waals surface area contributed by atoms with Crippen LogP contribution in [0.1, 0.15) is 13.3 Å². The van der Waals surface area contributed by atoms with Gasteiger partial charge in [0.1, 0.15) is 0 Å². The highest BCUT2D eigenvalue weighted by Crippen LogP contribution is 2.16. The quantitative estimate of drug-likeness (QED) is 0.617. The molecule has 8 heteroatoms. The Morgan fingerprint density at radius 3 is 2.75 bits per heavy atom. The van der Waals surface area contributed by atoms with Crippen LogP contribution in [0, 0.1) is 17.2 Å². The summed E-state index contributed by atoms with van der Waals surface area (Å²) in [6, 6.07) is 1.65. The monoisotopic (exact) mass is 246 g/mol. The van der Waals surface area contributed by atoms with E-state index in [0.717, 1.165) is 11.2 Å². The Balaban J connectivity index is 2.76. The van der Waals surface area contributed by atoms with Gasteiger partial charge >= 0.3 is 10.2 Å². The van der Waals surface area contributed by atoms with Gasteiger partial charge in [0.15, 0.2) is 0 Å². The molecule has 1 amide bonds. The number of nitrogens with two attached hydrogens (primary N) is 1. The molecule has 3 N–H and O–H groups in total. The van der Waals surface area contributed by atoms with Crippen LogP contribution in [0.5, 0.6) is 0 Å². The zero-order chi connectivity index (χ0) is 12.3. The number of hydrogen-bond donors (Lipinski definition) is 2. The molecule has 0 aliphatic carbocycles. The minimum Gasteiger partial charge on any atom is -0.326 e. The van der Waals surface area contributed by atoms with Gasteiger partial charge in [-0.3, -0.25) is 4.79 Å². The van der Waals surface area contributed by atoms with Gasteiger partial charge in [0.2, 0.25) is 5.91 Å². The van der Waals surface area contributed by atoms with Crippen molar-refractivity contribution in [2.24, 2.45) is 11.7 Å².